The van der Waals surface area contributed by atoms with Crippen LogP contribution in [0.25, 0.3) is 0 Å². The van der Waals surface area contributed by atoms with E-state index < -0.39 is 5.97 Å². The Hall–Kier alpha value is -1.56. The van der Waals surface area contributed by atoms with Gasteiger partial charge in [-0.3, -0.25) is 4.79 Å². The molecule has 5 nitrogen and oxygen atoms in total. The van der Waals surface area contributed by atoms with Crippen molar-refractivity contribution in [3.05, 3.63) is 23.9 Å². The maximum Gasteiger partial charge on any atom is 0.341 e. The van der Waals surface area contributed by atoms with Crippen LogP contribution in [0.1, 0.15) is 43.0 Å². The zero-order valence-electron chi connectivity index (χ0n) is 13.0. The molecule has 2 rings (SSSR count). The first-order chi connectivity index (χ1) is 10.6. The van der Waals surface area contributed by atoms with Gasteiger partial charge in [0.15, 0.2) is 6.61 Å². The van der Waals surface area contributed by atoms with E-state index in [1.165, 1.54) is 18.2 Å². The quantitative estimate of drug-likeness (QED) is 0.667. The van der Waals surface area contributed by atoms with Crippen LogP contribution in [0, 0.1) is 5.92 Å². The molecule has 1 aromatic rings. The van der Waals surface area contributed by atoms with Crippen LogP contribution in [-0.2, 0) is 9.53 Å². The lowest BCUT2D eigenvalue weighted by Crippen LogP contribution is -2.42. The smallest absolute Gasteiger partial charge is 0.341 e. The lowest BCUT2D eigenvalue weighted by molar-refractivity contribution is -0.125. The molecule has 1 aliphatic rings. The molecule has 0 bridgehead atoms. The van der Waals surface area contributed by atoms with Gasteiger partial charge in [0.05, 0.1) is 5.56 Å². The van der Waals surface area contributed by atoms with E-state index in [4.69, 9.17) is 4.74 Å². The van der Waals surface area contributed by atoms with Gasteiger partial charge in [0, 0.05) is 12.2 Å². The van der Waals surface area contributed by atoms with Crippen molar-refractivity contribution in [2.45, 2.75) is 43.7 Å². The monoisotopic (exact) mass is 322 g/mol. The van der Waals surface area contributed by atoms with E-state index in [0.29, 0.717) is 16.5 Å². The third kappa shape index (κ3) is 4.47. The highest BCUT2D eigenvalue weighted by atomic mass is 32.2. The predicted octanol–water partition coefficient (Wildman–Crippen LogP) is 2.66. The van der Waals surface area contributed by atoms with Crippen LogP contribution in [0.5, 0.6) is 0 Å². The van der Waals surface area contributed by atoms with Gasteiger partial charge >= 0.3 is 5.97 Å². The van der Waals surface area contributed by atoms with E-state index in [0.717, 1.165) is 19.3 Å². The molecule has 0 spiro atoms. The molecule has 0 unspecified atom stereocenters. The molecule has 0 saturated heterocycles. The summed E-state index contributed by atoms with van der Waals surface area (Å²) in [6.45, 7) is 1.90. The minimum atomic E-state index is -0.510. The van der Waals surface area contributed by atoms with E-state index in [1.807, 2.05) is 6.26 Å². The van der Waals surface area contributed by atoms with E-state index >= 15 is 0 Å². The largest absolute Gasteiger partial charge is 0.452 e. The maximum absolute atomic E-state index is 12.0. The second-order valence-corrected chi connectivity index (χ2v) is 6.37. The second kappa shape index (κ2) is 8.17. The second-order valence-electron chi connectivity index (χ2n) is 5.57. The molecular formula is C16H22N2O3S. The fourth-order valence-corrected chi connectivity index (χ4v) is 3.23. The number of nitrogens with one attached hydrogen (secondary N) is 1. The number of carbonyl (C=O) groups is 2. The first-order valence-corrected chi connectivity index (χ1v) is 8.79. The standard InChI is InChI=1S/C16H22N2O3S/c1-11-6-3-4-8-13(11)18-14(19)10-21-16(20)12-7-5-9-17-15(12)22-2/h5,7,9,11,13H,3-4,6,8,10H2,1-2H3,(H,18,19)/t11-,13+/m1/s1. The number of thioether (sulfide) groups is 1. The molecule has 1 N–H and O–H groups in total. The molecule has 1 fully saturated rings. The molecule has 0 radical (unpaired) electrons. The van der Waals surface area contributed by atoms with Gasteiger partial charge in [-0.05, 0) is 37.1 Å². The number of esters is 1. The number of amides is 1. The fourth-order valence-electron chi connectivity index (χ4n) is 2.70. The summed E-state index contributed by atoms with van der Waals surface area (Å²) in [4.78, 5) is 28.1. The predicted molar refractivity (Wildman–Crippen MR) is 85.9 cm³/mol. The summed E-state index contributed by atoms with van der Waals surface area (Å²) in [7, 11) is 0. The zero-order valence-corrected chi connectivity index (χ0v) is 13.8. The molecule has 6 heteroatoms. The van der Waals surface area contributed by atoms with Crippen LogP contribution in [0.4, 0.5) is 0 Å². The maximum atomic E-state index is 12.0. The Bertz CT molecular complexity index is 536. The van der Waals surface area contributed by atoms with Crippen LogP contribution in [-0.4, -0.2) is 35.8 Å². The van der Waals surface area contributed by atoms with E-state index in [9.17, 15) is 9.59 Å². The molecule has 2 atom stereocenters. The summed E-state index contributed by atoms with van der Waals surface area (Å²) in [6.07, 6.45) is 7.97. The summed E-state index contributed by atoms with van der Waals surface area (Å²) in [5.41, 5.74) is 0.397. The molecule has 0 aliphatic heterocycles. The Kier molecular flexibility index (Phi) is 6.24. The average Bonchev–Trinajstić information content (AvgIpc) is 2.54. The summed E-state index contributed by atoms with van der Waals surface area (Å²) in [5.74, 6) is -0.263. The molecule has 120 valence electrons. The van der Waals surface area contributed by atoms with Gasteiger partial charge in [-0.15, -0.1) is 11.8 Å². The Balaban J connectivity index is 1.84. The zero-order chi connectivity index (χ0) is 15.9. The number of hydrogen-bond donors (Lipinski definition) is 1. The lowest BCUT2D eigenvalue weighted by Gasteiger charge is -2.29. The van der Waals surface area contributed by atoms with Crippen molar-refractivity contribution < 1.29 is 14.3 Å². The molecule has 22 heavy (non-hydrogen) atoms. The Labute approximate surface area is 135 Å². The Morgan fingerprint density at radius 3 is 2.91 bits per heavy atom. The van der Waals surface area contributed by atoms with Gasteiger partial charge < -0.3 is 10.1 Å². The van der Waals surface area contributed by atoms with Crippen molar-refractivity contribution in [2.75, 3.05) is 12.9 Å². The third-order valence-electron chi connectivity index (χ3n) is 3.98. The van der Waals surface area contributed by atoms with E-state index in [2.05, 4.69) is 17.2 Å². The van der Waals surface area contributed by atoms with Crippen molar-refractivity contribution in [1.82, 2.24) is 10.3 Å². The van der Waals surface area contributed by atoms with Crippen molar-refractivity contribution in [3.8, 4) is 0 Å². The van der Waals surface area contributed by atoms with Crippen LogP contribution in [0.2, 0.25) is 0 Å². The van der Waals surface area contributed by atoms with Crippen LogP contribution in [0.3, 0.4) is 0 Å². The van der Waals surface area contributed by atoms with Crippen molar-refractivity contribution in [1.29, 1.82) is 0 Å². The van der Waals surface area contributed by atoms with Gasteiger partial charge in [0.2, 0.25) is 0 Å². The van der Waals surface area contributed by atoms with E-state index in [1.54, 1.807) is 18.3 Å². The fraction of sp³-hybridized carbons (Fsp3) is 0.562. The molecule has 1 heterocycles. The van der Waals surface area contributed by atoms with Gasteiger partial charge in [0.1, 0.15) is 5.03 Å². The van der Waals surface area contributed by atoms with Gasteiger partial charge in [0.25, 0.3) is 5.91 Å². The Morgan fingerprint density at radius 1 is 1.41 bits per heavy atom. The van der Waals surface area contributed by atoms with Crippen molar-refractivity contribution in [3.63, 3.8) is 0 Å². The van der Waals surface area contributed by atoms with Gasteiger partial charge in [-0.25, -0.2) is 9.78 Å². The molecule has 1 aliphatic carbocycles. The molecule has 0 aromatic carbocycles. The van der Waals surface area contributed by atoms with Crippen LogP contribution in [0.15, 0.2) is 23.4 Å². The molecule has 1 amide bonds. The minimum Gasteiger partial charge on any atom is -0.452 e. The molecular weight excluding hydrogens is 300 g/mol. The molecule has 1 aromatic heterocycles. The SMILES string of the molecule is CSc1ncccc1C(=O)OCC(=O)N[C@H]1CCCC[C@H]1C. The highest BCUT2D eigenvalue weighted by molar-refractivity contribution is 7.98. The molecule has 1 saturated carbocycles. The van der Waals surface area contributed by atoms with Gasteiger partial charge in [-0.1, -0.05) is 19.8 Å². The van der Waals surface area contributed by atoms with Crippen molar-refractivity contribution in [2.24, 2.45) is 5.92 Å². The number of nitrogens with zero attached hydrogens (tertiary/aromatic N) is 1. The number of rotatable bonds is 5. The highest BCUT2D eigenvalue weighted by Gasteiger charge is 2.23. The first kappa shape index (κ1) is 16.8. The number of hydrogen-bond acceptors (Lipinski definition) is 5. The highest BCUT2D eigenvalue weighted by Crippen LogP contribution is 2.23. The number of carbonyl (C=O) groups excluding carboxylic acids is 2. The summed E-state index contributed by atoms with van der Waals surface area (Å²) >= 11 is 1.37. The summed E-state index contributed by atoms with van der Waals surface area (Å²) in [5, 5.41) is 3.57. The minimum absolute atomic E-state index is 0.195. The number of pyridine rings is 1. The van der Waals surface area contributed by atoms with Gasteiger partial charge in [-0.2, -0.15) is 0 Å². The first-order valence-electron chi connectivity index (χ1n) is 7.57. The number of ether oxygens (including phenoxy) is 1. The average molecular weight is 322 g/mol. The topological polar surface area (TPSA) is 68.3 Å². The normalized spacial score (nSPS) is 21.2. The summed E-state index contributed by atoms with van der Waals surface area (Å²) in [6, 6.07) is 3.53. The Morgan fingerprint density at radius 2 is 2.18 bits per heavy atom. The van der Waals surface area contributed by atoms with E-state index in [-0.39, 0.29) is 18.6 Å². The summed E-state index contributed by atoms with van der Waals surface area (Å²) < 4.78 is 5.10. The van der Waals surface area contributed by atoms with Crippen molar-refractivity contribution >= 4 is 23.6 Å². The van der Waals surface area contributed by atoms with Crippen LogP contribution < -0.4 is 5.32 Å². The number of aromatic nitrogens is 1. The third-order valence-corrected chi connectivity index (χ3v) is 4.69. The lowest BCUT2D eigenvalue weighted by atomic mass is 9.86. The van der Waals surface area contributed by atoms with Crippen LogP contribution >= 0.6 is 11.8 Å².